The van der Waals surface area contributed by atoms with Gasteiger partial charge in [0.1, 0.15) is 0 Å². The standard InChI is InChI=1S/C13H18N2OS2/c1-9-5-2-3-6-10(9)14-13(17)15-12(16)11-7-4-8-18-11/h4,7-10H,2-3,5-6H2,1H3,(H2,14,15,16,17)/t9-,10+/m0/s1. The van der Waals surface area contributed by atoms with Crippen molar-refractivity contribution in [2.45, 2.75) is 38.6 Å². The third-order valence-corrected chi connectivity index (χ3v) is 4.49. The van der Waals surface area contributed by atoms with Crippen LogP contribution in [-0.4, -0.2) is 17.1 Å². The quantitative estimate of drug-likeness (QED) is 0.820. The Kier molecular flexibility index (Phi) is 4.72. The highest BCUT2D eigenvalue weighted by Crippen LogP contribution is 2.23. The molecule has 2 atom stereocenters. The second-order valence-electron chi connectivity index (χ2n) is 4.77. The second-order valence-corrected chi connectivity index (χ2v) is 6.13. The number of carbonyl (C=O) groups excluding carboxylic acids is 1. The van der Waals surface area contributed by atoms with Crippen LogP contribution < -0.4 is 10.6 Å². The van der Waals surface area contributed by atoms with Crippen LogP contribution in [0.15, 0.2) is 17.5 Å². The average Bonchev–Trinajstić information content (AvgIpc) is 2.85. The van der Waals surface area contributed by atoms with Crippen LogP contribution in [0, 0.1) is 5.92 Å². The molecule has 2 rings (SSSR count). The summed E-state index contributed by atoms with van der Waals surface area (Å²) < 4.78 is 0. The molecule has 0 aromatic carbocycles. The molecule has 0 saturated heterocycles. The molecular weight excluding hydrogens is 264 g/mol. The molecule has 3 nitrogen and oxygen atoms in total. The Balaban J connectivity index is 1.83. The lowest BCUT2D eigenvalue weighted by Crippen LogP contribution is -2.47. The predicted octanol–water partition coefficient (Wildman–Crippen LogP) is 2.93. The van der Waals surface area contributed by atoms with Crippen molar-refractivity contribution in [1.29, 1.82) is 0 Å². The van der Waals surface area contributed by atoms with Gasteiger partial charge in [-0.2, -0.15) is 0 Å². The number of thiocarbonyl (C=S) groups is 1. The first-order valence-corrected chi connectivity index (χ1v) is 7.61. The number of hydrogen-bond acceptors (Lipinski definition) is 3. The lowest BCUT2D eigenvalue weighted by atomic mass is 9.86. The van der Waals surface area contributed by atoms with E-state index in [-0.39, 0.29) is 5.91 Å². The number of hydrogen-bond donors (Lipinski definition) is 2. The van der Waals surface area contributed by atoms with Crippen molar-refractivity contribution in [1.82, 2.24) is 10.6 Å². The summed E-state index contributed by atoms with van der Waals surface area (Å²) in [5.74, 6) is 0.501. The van der Waals surface area contributed by atoms with Gasteiger partial charge < -0.3 is 5.32 Å². The maximum Gasteiger partial charge on any atom is 0.267 e. The maximum absolute atomic E-state index is 11.8. The molecule has 1 aromatic rings. The number of carbonyl (C=O) groups is 1. The highest BCUT2D eigenvalue weighted by molar-refractivity contribution is 7.80. The van der Waals surface area contributed by atoms with Crippen molar-refractivity contribution >= 4 is 34.6 Å². The zero-order valence-electron chi connectivity index (χ0n) is 10.4. The highest BCUT2D eigenvalue weighted by Gasteiger charge is 2.22. The molecule has 1 saturated carbocycles. The minimum Gasteiger partial charge on any atom is -0.359 e. The summed E-state index contributed by atoms with van der Waals surface area (Å²) in [6.07, 6.45) is 4.91. The van der Waals surface area contributed by atoms with E-state index in [4.69, 9.17) is 12.2 Å². The topological polar surface area (TPSA) is 41.1 Å². The van der Waals surface area contributed by atoms with Crippen molar-refractivity contribution in [2.75, 3.05) is 0 Å². The maximum atomic E-state index is 11.8. The molecule has 1 aliphatic rings. The number of nitrogens with one attached hydrogen (secondary N) is 2. The third-order valence-electron chi connectivity index (χ3n) is 3.40. The fourth-order valence-electron chi connectivity index (χ4n) is 2.31. The molecule has 0 radical (unpaired) electrons. The minimum atomic E-state index is -0.119. The summed E-state index contributed by atoms with van der Waals surface area (Å²) in [4.78, 5) is 12.5. The molecule has 2 N–H and O–H groups in total. The Labute approximate surface area is 117 Å². The number of thiophene rings is 1. The molecule has 0 bridgehead atoms. The molecule has 18 heavy (non-hydrogen) atoms. The van der Waals surface area contributed by atoms with Gasteiger partial charge in [-0.1, -0.05) is 25.8 Å². The van der Waals surface area contributed by atoms with Gasteiger partial charge >= 0.3 is 0 Å². The van der Waals surface area contributed by atoms with E-state index in [0.29, 0.717) is 21.9 Å². The normalized spacial score (nSPS) is 23.4. The van der Waals surface area contributed by atoms with Crippen LogP contribution in [0.4, 0.5) is 0 Å². The minimum absolute atomic E-state index is 0.119. The zero-order valence-corrected chi connectivity index (χ0v) is 12.1. The van der Waals surface area contributed by atoms with E-state index >= 15 is 0 Å². The van der Waals surface area contributed by atoms with E-state index < -0.39 is 0 Å². The van der Waals surface area contributed by atoms with Crippen molar-refractivity contribution in [3.8, 4) is 0 Å². The van der Waals surface area contributed by atoms with E-state index in [1.807, 2.05) is 11.4 Å². The summed E-state index contributed by atoms with van der Waals surface area (Å²) in [6.45, 7) is 2.24. The molecule has 0 aliphatic heterocycles. The summed E-state index contributed by atoms with van der Waals surface area (Å²) in [5.41, 5.74) is 0. The van der Waals surface area contributed by atoms with E-state index in [2.05, 4.69) is 17.6 Å². The Bertz CT molecular complexity index is 417. The first-order valence-electron chi connectivity index (χ1n) is 6.32. The Morgan fingerprint density at radius 2 is 2.22 bits per heavy atom. The number of rotatable bonds is 2. The molecule has 0 unspecified atom stereocenters. The van der Waals surface area contributed by atoms with Crippen molar-refractivity contribution in [2.24, 2.45) is 5.92 Å². The summed E-state index contributed by atoms with van der Waals surface area (Å²) in [7, 11) is 0. The molecule has 1 amide bonds. The molecule has 1 aromatic heterocycles. The molecule has 0 spiro atoms. The van der Waals surface area contributed by atoms with Crippen molar-refractivity contribution < 1.29 is 4.79 Å². The van der Waals surface area contributed by atoms with E-state index in [1.165, 1.54) is 30.6 Å². The summed E-state index contributed by atoms with van der Waals surface area (Å²) in [6, 6.07) is 4.06. The first kappa shape index (κ1) is 13.5. The SMILES string of the molecule is C[C@H]1CCCC[C@H]1NC(=S)NC(=O)c1cccs1. The van der Waals surface area contributed by atoms with Gasteiger partial charge in [0.25, 0.3) is 5.91 Å². The van der Waals surface area contributed by atoms with Gasteiger partial charge in [-0.15, -0.1) is 11.3 Å². The van der Waals surface area contributed by atoms with Crippen LogP contribution in [0.5, 0.6) is 0 Å². The van der Waals surface area contributed by atoms with Gasteiger partial charge in [0.05, 0.1) is 4.88 Å². The van der Waals surface area contributed by atoms with Gasteiger partial charge in [0, 0.05) is 6.04 Å². The van der Waals surface area contributed by atoms with E-state index in [9.17, 15) is 4.79 Å². The molecule has 1 fully saturated rings. The summed E-state index contributed by atoms with van der Waals surface area (Å²) in [5, 5.41) is 8.34. The van der Waals surface area contributed by atoms with Gasteiger partial charge in [-0.05, 0) is 42.4 Å². The van der Waals surface area contributed by atoms with E-state index in [0.717, 1.165) is 6.42 Å². The first-order chi connectivity index (χ1) is 8.66. The number of amides is 1. The molecule has 5 heteroatoms. The third kappa shape index (κ3) is 3.53. The van der Waals surface area contributed by atoms with E-state index in [1.54, 1.807) is 6.07 Å². The largest absolute Gasteiger partial charge is 0.359 e. The Hall–Kier alpha value is -0.940. The fourth-order valence-corrected chi connectivity index (χ4v) is 3.17. The van der Waals surface area contributed by atoms with Crippen molar-refractivity contribution in [3.63, 3.8) is 0 Å². The molecular formula is C13H18N2OS2. The van der Waals surface area contributed by atoms with Crippen LogP contribution in [0.25, 0.3) is 0 Å². The highest BCUT2D eigenvalue weighted by atomic mass is 32.1. The lowest BCUT2D eigenvalue weighted by Gasteiger charge is -2.30. The summed E-state index contributed by atoms with van der Waals surface area (Å²) >= 11 is 6.62. The van der Waals surface area contributed by atoms with Gasteiger partial charge in [-0.3, -0.25) is 10.1 Å². The molecule has 1 heterocycles. The Morgan fingerprint density at radius 3 is 2.89 bits per heavy atom. The fraction of sp³-hybridized carbons (Fsp3) is 0.538. The van der Waals surface area contributed by atoms with Gasteiger partial charge in [-0.25, -0.2) is 0 Å². The average molecular weight is 282 g/mol. The molecule has 98 valence electrons. The van der Waals surface area contributed by atoms with Crippen molar-refractivity contribution in [3.05, 3.63) is 22.4 Å². The van der Waals surface area contributed by atoms with Crippen LogP contribution in [0.3, 0.4) is 0 Å². The monoisotopic (exact) mass is 282 g/mol. The second kappa shape index (κ2) is 6.29. The predicted molar refractivity (Wildman–Crippen MR) is 78.9 cm³/mol. The lowest BCUT2D eigenvalue weighted by molar-refractivity contribution is 0.0980. The van der Waals surface area contributed by atoms with Crippen LogP contribution in [0.2, 0.25) is 0 Å². The van der Waals surface area contributed by atoms with Crippen LogP contribution in [0.1, 0.15) is 42.3 Å². The Morgan fingerprint density at radius 1 is 1.44 bits per heavy atom. The van der Waals surface area contributed by atoms with Gasteiger partial charge in [0.2, 0.25) is 0 Å². The van der Waals surface area contributed by atoms with Gasteiger partial charge in [0.15, 0.2) is 5.11 Å². The van der Waals surface area contributed by atoms with Crippen LogP contribution >= 0.6 is 23.6 Å². The zero-order chi connectivity index (χ0) is 13.0. The smallest absolute Gasteiger partial charge is 0.267 e. The molecule has 1 aliphatic carbocycles. The van der Waals surface area contributed by atoms with Crippen LogP contribution in [-0.2, 0) is 0 Å².